The minimum atomic E-state index is -4.23. The highest BCUT2D eigenvalue weighted by atomic mass is 32.2. The summed E-state index contributed by atoms with van der Waals surface area (Å²) >= 11 is 0. The number of primary sulfonamides is 1. The summed E-state index contributed by atoms with van der Waals surface area (Å²) in [4.78, 5) is 10.7. The van der Waals surface area contributed by atoms with Crippen LogP contribution in [0.1, 0.15) is 23.7 Å². The van der Waals surface area contributed by atoms with Crippen molar-refractivity contribution in [2.45, 2.75) is 18.2 Å². The topological polar surface area (TPSA) is 86.5 Å². The van der Waals surface area contributed by atoms with Crippen LogP contribution < -0.4 is 5.14 Å². The van der Waals surface area contributed by atoms with Gasteiger partial charge in [0.05, 0.1) is 17.1 Å². The van der Waals surface area contributed by atoms with Crippen molar-refractivity contribution in [1.29, 1.82) is 0 Å². The lowest BCUT2D eigenvalue weighted by molar-refractivity contribution is 0.0498. The largest absolute Gasteiger partial charge is 0.462 e. The minimum Gasteiger partial charge on any atom is -0.462 e. The van der Waals surface area contributed by atoms with Crippen LogP contribution in [0.2, 0.25) is 0 Å². The SMILES string of the molecule is CCCOC(=O)c1cc(S(N)(=O)=O)cc(F)c1F. The molecular formula is C10H11F2NO4S. The minimum absolute atomic E-state index is 0.0134. The Hall–Kier alpha value is -1.54. The molecule has 0 aliphatic heterocycles. The van der Waals surface area contributed by atoms with Gasteiger partial charge in [0.15, 0.2) is 11.6 Å². The number of nitrogens with two attached hydrogens (primary N) is 1. The van der Waals surface area contributed by atoms with Crippen molar-refractivity contribution in [3.8, 4) is 0 Å². The van der Waals surface area contributed by atoms with Gasteiger partial charge in [-0.1, -0.05) is 6.92 Å². The number of ether oxygens (including phenoxy) is 1. The number of hydrogen-bond acceptors (Lipinski definition) is 4. The summed E-state index contributed by atoms with van der Waals surface area (Å²) in [5.41, 5.74) is -0.799. The third-order valence-corrected chi connectivity index (χ3v) is 2.88. The van der Waals surface area contributed by atoms with Gasteiger partial charge in [-0.15, -0.1) is 0 Å². The Morgan fingerprint density at radius 1 is 1.39 bits per heavy atom. The van der Waals surface area contributed by atoms with E-state index in [1.165, 1.54) is 0 Å². The third-order valence-electron chi connectivity index (χ3n) is 1.99. The highest BCUT2D eigenvalue weighted by Crippen LogP contribution is 2.18. The summed E-state index contributed by atoms with van der Waals surface area (Å²) in [5, 5.41) is 4.78. The Bertz CT molecular complexity index is 571. The molecule has 0 aromatic heterocycles. The molecule has 100 valence electrons. The molecule has 2 N–H and O–H groups in total. The second kappa shape index (κ2) is 5.40. The van der Waals surface area contributed by atoms with Crippen LogP contribution in [0.4, 0.5) is 8.78 Å². The molecule has 8 heteroatoms. The molecule has 0 heterocycles. The predicted molar refractivity (Wildman–Crippen MR) is 58.3 cm³/mol. The first-order valence-electron chi connectivity index (χ1n) is 4.96. The fraction of sp³-hybridized carbons (Fsp3) is 0.300. The third kappa shape index (κ3) is 3.23. The van der Waals surface area contributed by atoms with Crippen LogP contribution in [0.5, 0.6) is 0 Å². The molecule has 0 bridgehead atoms. The molecule has 0 unspecified atom stereocenters. The molecule has 0 aliphatic carbocycles. The zero-order valence-electron chi connectivity index (χ0n) is 9.44. The molecule has 0 radical (unpaired) electrons. The number of benzene rings is 1. The summed E-state index contributed by atoms with van der Waals surface area (Å²) < 4.78 is 53.1. The van der Waals surface area contributed by atoms with E-state index in [9.17, 15) is 22.0 Å². The molecule has 0 aliphatic rings. The van der Waals surface area contributed by atoms with Crippen molar-refractivity contribution in [2.75, 3.05) is 6.61 Å². The Balaban J connectivity index is 3.27. The van der Waals surface area contributed by atoms with Gasteiger partial charge in [0.1, 0.15) is 0 Å². The summed E-state index contributed by atoms with van der Waals surface area (Å²) in [6, 6.07) is 1.05. The predicted octanol–water partition coefficient (Wildman–Crippen LogP) is 1.18. The number of halogens is 2. The molecule has 0 saturated carbocycles. The van der Waals surface area contributed by atoms with Crippen molar-refractivity contribution in [1.82, 2.24) is 0 Å². The smallest absolute Gasteiger partial charge is 0.341 e. The fourth-order valence-corrected chi connectivity index (χ4v) is 1.70. The van der Waals surface area contributed by atoms with E-state index >= 15 is 0 Å². The first kappa shape index (κ1) is 14.5. The number of hydrogen-bond donors (Lipinski definition) is 1. The number of carbonyl (C=O) groups excluding carboxylic acids is 1. The van der Waals surface area contributed by atoms with E-state index in [2.05, 4.69) is 4.74 Å². The molecule has 1 rings (SSSR count). The number of carbonyl (C=O) groups is 1. The van der Waals surface area contributed by atoms with Crippen molar-refractivity contribution in [2.24, 2.45) is 5.14 Å². The summed E-state index contributed by atoms with van der Waals surface area (Å²) in [5.74, 6) is -4.09. The lowest BCUT2D eigenvalue weighted by Gasteiger charge is -2.07. The van der Waals surface area contributed by atoms with Gasteiger partial charge in [0.2, 0.25) is 10.0 Å². The highest BCUT2D eigenvalue weighted by molar-refractivity contribution is 7.89. The Labute approximate surface area is 103 Å². The van der Waals surface area contributed by atoms with E-state index in [0.29, 0.717) is 18.6 Å². The Morgan fingerprint density at radius 2 is 2.00 bits per heavy atom. The summed E-state index contributed by atoms with van der Waals surface area (Å²) in [6.45, 7) is 1.73. The Kier molecular flexibility index (Phi) is 4.36. The maximum absolute atomic E-state index is 13.3. The molecule has 0 saturated heterocycles. The summed E-state index contributed by atoms with van der Waals surface area (Å²) in [6.07, 6.45) is 0.491. The molecule has 0 spiro atoms. The van der Waals surface area contributed by atoms with E-state index in [0.717, 1.165) is 0 Å². The zero-order valence-corrected chi connectivity index (χ0v) is 10.3. The van der Waals surface area contributed by atoms with E-state index in [1.54, 1.807) is 6.92 Å². The van der Waals surface area contributed by atoms with Crippen LogP contribution in [-0.4, -0.2) is 21.0 Å². The zero-order chi connectivity index (χ0) is 13.9. The van der Waals surface area contributed by atoms with E-state index in [-0.39, 0.29) is 6.61 Å². The molecule has 0 fully saturated rings. The van der Waals surface area contributed by atoms with Gasteiger partial charge in [-0.25, -0.2) is 27.1 Å². The second-order valence-corrected chi connectivity index (χ2v) is 5.01. The monoisotopic (exact) mass is 279 g/mol. The second-order valence-electron chi connectivity index (χ2n) is 3.45. The van der Waals surface area contributed by atoms with Crippen LogP contribution in [0.3, 0.4) is 0 Å². The molecule has 5 nitrogen and oxygen atoms in total. The maximum atomic E-state index is 13.3. The molecule has 18 heavy (non-hydrogen) atoms. The van der Waals surface area contributed by atoms with Crippen LogP contribution in [0, 0.1) is 11.6 Å². The quantitative estimate of drug-likeness (QED) is 0.838. The van der Waals surface area contributed by atoms with Crippen LogP contribution in [0.15, 0.2) is 17.0 Å². The van der Waals surface area contributed by atoms with E-state index in [4.69, 9.17) is 5.14 Å². The fourth-order valence-electron chi connectivity index (χ4n) is 1.15. The number of esters is 1. The van der Waals surface area contributed by atoms with Gasteiger partial charge in [-0.3, -0.25) is 0 Å². The average molecular weight is 279 g/mol. The summed E-state index contributed by atoms with van der Waals surface area (Å²) in [7, 11) is -4.23. The standard InChI is InChI=1S/C10H11F2NO4S/c1-2-3-17-10(14)7-4-6(18(13,15)16)5-8(11)9(7)12/h4-5H,2-3H2,1H3,(H2,13,15,16). The van der Waals surface area contributed by atoms with Crippen molar-refractivity contribution < 1.29 is 26.7 Å². The van der Waals surface area contributed by atoms with Crippen LogP contribution in [0.25, 0.3) is 0 Å². The average Bonchev–Trinajstić information content (AvgIpc) is 2.27. The molecule has 0 atom stereocenters. The number of sulfonamides is 1. The van der Waals surface area contributed by atoms with Gasteiger partial charge >= 0.3 is 5.97 Å². The van der Waals surface area contributed by atoms with Crippen LogP contribution >= 0.6 is 0 Å². The van der Waals surface area contributed by atoms with E-state index in [1.807, 2.05) is 0 Å². The van der Waals surface area contributed by atoms with Crippen molar-refractivity contribution in [3.63, 3.8) is 0 Å². The maximum Gasteiger partial charge on any atom is 0.341 e. The van der Waals surface area contributed by atoms with Crippen molar-refractivity contribution in [3.05, 3.63) is 29.3 Å². The highest BCUT2D eigenvalue weighted by Gasteiger charge is 2.21. The first-order chi connectivity index (χ1) is 8.27. The Morgan fingerprint density at radius 3 is 2.50 bits per heavy atom. The molecule has 1 aromatic carbocycles. The van der Waals surface area contributed by atoms with Crippen molar-refractivity contribution >= 4 is 16.0 Å². The first-order valence-corrected chi connectivity index (χ1v) is 6.51. The van der Waals surface area contributed by atoms with Gasteiger partial charge in [0.25, 0.3) is 0 Å². The molecular weight excluding hydrogens is 268 g/mol. The lowest BCUT2D eigenvalue weighted by Crippen LogP contribution is -2.16. The van der Waals surface area contributed by atoms with Gasteiger partial charge in [-0.2, -0.15) is 0 Å². The molecule has 1 aromatic rings. The van der Waals surface area contributed by atoms with Crippen LogP contribution in [-0.2, 0) is 14.8 Å². The normalized spacial score (nSPS) is 11.3. The van der Waals surface area contributed by atoms with Gasteiger partial charge in [-0.05, 0) is 18.6 Å². The van der Waals surface area contributed by atoms with Gasteiger partial charge in [0, 0.05) is 0 Å². The van der Waals surface area contributed by atoms with Gasteiger partial charge < -0.3 is 4.74 Å². The number of rotatable bonds is 4. The molecule has 0 amide bonds. The lowest BCUT2D eigenvalue weighted by atomic mass is 10.2. The van der Waals surface area contributed by atoms with E-state index < -0.39 is 38.1 Å².